The van der Waals surface area contributed by atoms with Crippen molar-refractivity contribution in [2.24, 2.45) is 11.8 Å². The first-order valence-corrected chi connectivity index (χ1v) is 8.90. The summed E-state index contributed by atoms with van der Waals surface area (Å²) in [6.45, 7) is 5.79. The maximum atomic E-state index is 12.0. The minimum Gasteiger partial charge on any atom is -0.492 e. The van der Waals surface area contributed by atoms with E-state index in [1.165, 1.54) is 0 Å². The lowest BCUT2D eigenvalue weighted by atomic mass is 10.0. The van der Waals surface area contributed by atoms with Crippen molar-refractivity contribution >= 4 is 17.5 Å². The summed E-state index contributed by atoms with van der Waals surface area (Å²) in [6.07, 6.45) is 3.13. The smallest absolute Gasteiger partial charge is 0.223 e. The number of nitrogens with zero attached hydrogens (tertiary/aromatic N) is 1. The van der Waals surface area contributed by atoms with Crippen LogP contribution in [0.5, 0.6) is 5.75 Å². The Hall–Kier alpha value is -1.26. The summed E-state index contributed by atoms with van der Waals surface area (Å²) in [7, 11) is 0. The van der Waals surface area contributed by atoms with E-state index in [-0.39, 0.29) is 11.8 Å². The van der Waals surface area contributed by atoms with Crippen molar-refractivity contribution in [3.05, 3.63) is 29.3 Å². The van der Waals surface area contributed by atoms with Crippen LogP contribution in [0.4, 0.5) is 0 Å². The van der Waals surface area contributed by atoms with E-state index in [9.17, 15) is 4.79 Å². The second-order valence-corrected chi connectivity index (χ2v) is 7.18. The van der Waals surface area contributed by atoms with Crippen LogP contribution in [0.25, 0.3) is 0 Å². The highest BCUT2D eigenvalue weighted by atomic mass is 35.5. The number of piperidine rings is 1. The average Bonchev–Trinajstić information content (AvgIpc) is 3.28. The Morgan fingerprint density at radius 2 is 1.96 bits per heavy atom. The zero-order chi connectivity index (χ0) is 16.2. The number of benzene rings is 1. The third kappa shape index (κ3) is 4.85. The number of amides is 1. The van der Waals surface area contributed by atoms with Crippen LogP contribution in [0.15, 0.2) is 24.3 Å². The van der Waals surface area contributed by atoms with E-state index in [0.29, 0.717) is 18.6 Å². The average molecular weight is 337 g/mol. The Bertz CT molecular complexity index is 526. The number of nitrogens with one attached hydrogen (secondary N) is 1. The Kier molecular flexibility index (Phi) is 5.44. The molecule has 4 nitrogen and oxygen atoms in total. The predicted octanol–water partition coefficient (Wildman–Crippen LogP) is 2.96. The molecule has 1 N–H and O–H groups in total. The van der Waals surface area contributed by atoms with Gasteiger partial charge in [-0.15, -0.1) is 0 Å². The lowest BCUT2D eigenvalue weighted by molar-refractivity contribution is -0.123. The lowest BCUT2D eigenvalue weighted by Crippen LogP contribution is -2.46. The van der Waals surface area contributed by atoms with Gasteiger partial charge >= 0.3 is 0 Å². The van der Waals surface area contributed by atoms with Crippen LogP contribution in [0, 0.1) is 11.8 Å². The van der Waals surface area contributed by atoms with Gasteiger partial charge in [0.05, 0.1) is 0 Å². The molecule has 2 unspecified atom stereocenters. The molecule has 0 aromatic heterocycles. The van der Waals surface area contributed by atoms with Gasteiger partial charge in [-0.3, -0.25) is 9.69 Å². The monoisotopic (exact) mass is 336 g/mol. The van der Waals surface area contributed by atoms with E-state index in [1.807, 2.05) is 24.3 Å². The zero-order valence-corrected chi connectivity index (χ0v) is 14.4. The van der Waals surface area contributed by atoms with Crippen molar-refractivity contribution in [3.8, 4) is 5.75 Å². The Morgan fingerprint density at radius 1 is 1.30 bits per heavy atom. The maximum absolute atomic E-state index is 12.0. The van der Waals surface area contributed by atoms with Gasteiger partial charge in [0.2, 0.25) is 5.91 Å². The van der Waals surface area contributed by atoms with Crippen LogP contribution in [0.3, 0.4) is 0 Å². The Morgan fingerprint density at radius 3 is 2.57 bits per heavy atom. The number of hydrogen-bond donors (Lipinski definition) is 1. The number of carbonyl (C=O) groups excluding carboxylic acids is 1. The van der Waals surface area contributed by atoms with Crippen LogP contribution in [-0.4, -0.2) is 43.1 Å². The molecule has 1 aromatic carbocycles. The van der Waals surface area contributed by atoms with Gasteiger partial charge in [-0.1, -0.05) is 18.5 Å². The molecule has 126 valence electrons. The van der Waals surface area contributed by atoms with E-state index < -0.39 is 0 Å². The first-order valence-electron chi connectivity index (χ1n) is 8.53. The van der Waals surface area contributed by atoms with Gasteiger partial charge in [0, 0.05) is 36.6 Å². The standard InChI is InChI=1S/C18H25ClN2O2/c1-13-12-17(13)18(22)20-15-6-8-21(9-7-15)10-11-23-16-4-2-14(19)3-5-16/h2-5,13,15,17H,6-12H2,1H3,(H,20,22). The Labute approximate surface area is 143 Å². The Balaban J connectivity index is 1.31. The van der Waals surface area contributed by atoms with E-state index in [0.717, 1.165) is 49.7 Å². The molecule has 3 rings (SSSR count). The fraction of sp³-hybridized carbons (Fsp3) is 0.611. The molecule has 1 heterocycles. The largest absolute Gasteiger partial charge is 0.492 e. The van der Waals surface area contributed by atoms with Crippen molar-refractivity contribution in [2.75, 3.05) is 26.2 Å². The van der Waals surface area contributed by atoms with Gasteiger partial charge in [-0.05, 0) is 49.4 Å². The highest BCUT2D eigenvalue weighted by Crippen LogP contribution is 2.37. The lowest BCUT2D eigenvalue weighted by Gasteiger charge is -2.32. The molecule has 1 aromatic rings. The van der Waals surface area contributed by atoms with E-state index in [4.69, 9.17) is 16.3 Å². The summed E-state index contributed by atoms with van der Waals surface area (Å²) in [4.78, 5) is 14.4. The number of rotatable bonds is 6. The SMILES string of the molecule is CC1CC1C(=O)NC1CCN(CCOc2ccc(Cl)cc2)CC1. The number of halogens is 1. The third-order valence-corrected chi connectivity index (χ3v) is 5.12. The van der Waals surface area contributed by atoms with Crippen molar-refractivity contribution in [2.45, 2.75) is 32.2 Å². The third-order valence-electron chi connectivity index (χ3n) is 4.87. The molecule has 23 heavy (non-hydrogen) atoms. The van der Waals surface area contributed by atoms with E-state index >= 15 is 0 Å². The van der Waals surface area contributed by atoms with Gasteiger partial charge in [0.25, 0.3) is 0 Å². The fourth-order valence-electron chi connectivity index (χ4n) is 3.12. The van der Waals surface area contributed by atoms with Gasteiger partial charge in [-0.2, -0.15) is 0 Å². The van der Waals surface area contributed by atoms with Crippen molar-refractivity contribution in [3.63, 3.8) is 0 Å². The maximum Gasteiger partial charge on any atom is 0.223 e. The van der Waals surface area contributed by atoms with Gasteiger partial charge in [0.1, 0.15) is 12.4 Å². The number of ether oxygens (including phenoxy) is 1. The fourth-order valence-corrected chi connectivity index (χ4v) is 3.25. The topological polar surface area (TPSA) is 41.6 Å². The molecular formula is C18H25ClN2O2. The molecule has 1 aliphatic carbocycles. The van der Waals surface area contributed by atoms with Crippen LogP contribution >= 0.6 is 11.6 Å². The molecule has 0 spiro atoms. The molecule has 2 fully saturated rings. The molecule has 0 radical (unpaired) electrons. The number of hydrogen-bond acceptors (Lipinski definition) is 3. The van der Waals surface area contributed by atoms with E-state index in [1.54, 1.807) is 0 Å². The van der Waals surface area contributed by atoms with Crippen molar-refractivity contribution in [1.29, 1.82) is 0 Å². The number of likely N-dealkylation sites (tertiary alicyclic amines) is 1. The van der Waals surface area contributed by atoms with Crippen molar-refractivity contribution < 1.29 is 9.53 Å². The molecule has 2 atom stereocenters. The normalized spacial score (nSPS) is 25.1. The minimum atomic E-state index is 0.266. The summed E-state index contributed by atoms with van der Waals surface area (Å²) in [5.41, 5.74) is 0. The molecule has 1 aliphatic heterocycles. The molecule has 5 heteroatoms. The van der Waals surface area contributed by atoms with Crippen LogP contribution in [-0.2, 0) is 4.79 Å². The molecule has 0 bridgehead atoms. The quantitative estimate of drug-likeness (QED) is 0.868. The summed E-state index contributed by atoms with van der Waals surface area (Å²) in [6, 6.07) is 7.81. The molecular weight excluding hydrogens is 312 g/mol. The van der Waals surface area contributed by atoms with Gasteiger partial charge < -0.3 is 10.1 Å². The molecule has 1 saturated heterocycles. The second-order valence-electron chi connectivity index (χ2n) is 6.75. The predicted molar refractivity (Wildman–Crippen MR) is 91.8 cm³/mol. The first kappa shape index (κ1) is 16.6. The number of carbonyl (C=O) groups is 1. The van der Waals surface area contributed by atoms with Crippen LogP contribution < -0.4 is 10.1 Å². The summed E-state index contributed by atoms with van der Waals surface area (Å²) >= 11 is 5.85. The zero-order valence-electron chi connectivity index (χ0n) is 13.6. The van der Waals surface area contributed by atoms with Crippen molar-refractivity contribution in [1.82, 2.24) is 10.2 Å². The second kappa shape index (κ2) is 7.54. The van der Waals surface area contributed by atoms with E-state index in [2.05, 4.69) is 17.1 Å². The summed E-state index contributed by atoms with van der Waals surface area (Å²) in [5.74, 6) is 1.98. The molecule has 1 saturated carbocycles. The first-order chi connectivity index (χ1) is 11.1. The van der Waals surface area contributed by atoms with Gasteiger partial charge in [0.15, 0.2) is 0 Å². The molecule has 1 amide bonds. The highest BCUT2D eigenvalue weighted by Gasteiger charge is 2.39. The minimum absolute atomic E-state index is 0.266. The van der Waals surface area contributed by atoms with Crippen LogP contribution in [0.1, 0.15) is 26.2 Å². The molecule has 2 aliphatic rings. The van der Waals surface area contributed by atoms with Crippen LogP contribution in [0.2, 0.25) is 5.02 Å². The van der Waals surface area contributed by atoms with Gasteiger partial charge in [-0.25, -0.2) is 0 Å². The highest BCUT2D eigenvalue weighted by molar-refractivity contribution is 6.30. The summed E-state index contributed by atoms with van der Waals surface area (Å²) < 4.78 is 5.74. The summed E-state index contributed by atoms with van der Waals surface area (Å²) in [5, 5.41) is 3.93.